The number of benzene rings is 1. The summed E-state index contributed by atoms with van der Waals surface area (Å²) in [6.07, 6.45) is 0. The third-order valence-electron chi connectivity index (χ3n) is 2.75. The summed E-state index contributed by atoms with van der Waals surface area (Å²) in [6, 6.07) is 5.34. The molecule has 106 valence electrons. The number of nitrogens with two attached hydrogens (primary N) is 1. The molecule has 2 heterocycles. The van der Waals surface area contributed by atoms with E-state index in [9.17, 15) is 0 Å². The summed E-state index contributed by atoms with van der Waals surface area (Å²) in [5.74, 6) is 2.83. The lowest BCUT2D eigenvalue weighted by Crippen LogP contribution is -2.30. The molecule has 0 atom stereocenters. The van der Waals surface area contributed by atoms with Crippen LogP contribution < -0.4 is 19.9 Å². The minimum Gasteiger partial charge on any atom is -0.484 e. The van der Waals surface area contributed by atoms with Gasteiger partial charge in [0.1, 0.15) is 5.75 Å². The van der Waals surface area contributed by atoms with Crippen LogP contribution in [0.3, 0.4) is 0 Å². The summed E-state index contributed by atoms with van der Waals surface area (Å²) in [4.78, 5) is 4.19. The zero-order valence-electron chi connectivity index (χ0n) is 11.3. The van der Waals surface area contributed by atoms with Gasteiger partial charge in [-0.2, -0.15) is 4.98 Å². The van der Waals surface area contributed by atoms with Gasteiger partial charge in [-0.25, -0.2) is 0 Å². The van der Waals surface area contributed by atoms with E-state index >= 15 is 0 Å². The molecule has 20 heavy (non-hydrogen) atoms. The molecular weight excluding hydrogens is 262 g/mol. The molecule has 0 fully saturated rings. The highest BCUT2D eigenvalue weighted by atomic mass is 16.7. The molecule has 2 aromatic rings. The van der Waals surface area contributed by atoms with Gasteiger partial charge in [0.2, 0.25) is 6.79 Å². The van der Waals surface area contributed by atoms with E-state index in [2.05, 4.69) is 10.1 Å². The molecule has 1 aromatic carbocycles. The summed E-state index contributed by atoms with van der Waals surface area (Å²) < 4.78 is 21.1. The van der Waals surface area contributed by atoms with Crippen LogP contribution in [0.2, 0.25) is 0 Å². The van der Waals surface area contributed by atoms with Crippen molar-refractivity contribution in [1.82, 2.24) is 10.1 Å². The molecule has 0 bridgehead atoms. The fourth-order valence-electron chi connectivity index (χ4n) is 1.69. The normalized spacial score (nSPS) is 13.6. The second kappa shape index (κ2) is 4.68. The Morgan fingerprint density at radius 2 is 2.10 bits per heavy atom. The van der Waals surface area contributed by atoms with E-state index in [1.165, 1.54) is 0 Å². The molecule has 2 N–H and O–H groups in total. The first kappa shape index (κ1) is 12.7. The van der Waals surface area contributed by atoms with Crippen molar-refractivity contribution in [1.29, 1.82) is 0 Å². The molecular formula is C13H15N3O4. The lowest BCUT2D eigenvalue weighted by atomic mass is 10.1. The van der Waals surface area contributed by atoms with Gasteiger partial charge in [0, 0.05) is 6.07 Å². The summed E-state index contributed by atoms with van der Waals surface area (Å²) in [7, 11) is 0. The number of ether oxygens (including phenoxy) is 3. The van der Waals surface area contributed by atoms with E-state index in [4.69, 9.17) is 24.5 Å². The van der Waals surface area contributed by atoms with Crippen molar-refractivity contribution in [3.63, 3.8) is 0 Å². The number of fused-ring (bicyclic) bond motifs is 1. The molecule has 1 aliphatic heterocycles. The van der Waals surface area contributed by atoms with Crippen molar-refractivity contribution in [2.24, 2.45) is 5.73 Å². The molecule has 7 nitrogen and oxygen atoms in total. The number of aromatic nitrogens is 2. The minimum absolute atomic E-state index is 0.169. The number of hydrogen-bond donors (Lipinski definition) is 1. The lowest BCUT2D eigenvalue weighted by molar-refractivity contribution is 0.173. The van der Waals surface area contributed by atoms with Crippen molar-refractivity contribution in [3.05, 3.63) is 29.9 Å². The molecule has 0 aliphatic carbocycles. The third kappa shape index (κ3) is 2.53. The van der Waals surface area contributed by atoms with Gasteiger partial charge >= 0.3 is 0 Å². The topological polar surface area (TPSA) is 92.6 Å². The van der Waals surface area contributed by atoms with Crippen LogP contribution in [0.15, 0.2) is 22.7 Å². The Kier molecular flexibility index (Phi) is 2.98. The van der Waals surface area contributed by atoms with E-state index < -0.39 is 5.54 Å². The van der Waals surface area contributed by atoms with Gasteiger partial charge in [0.25, 0.3) is 5.89 Å². The predicted molar refractivity (Wildman–Crippen MR) is 68.4 cm³/mol. The van der Waals surface area contributed by atoms with Crippen LogP contribution in [-0.4, -0.2) is 16.9 Å². The largest absolute Gasteiger partial charge is 0.484 e. The fraction of sp³-hybridized carbons (Fsp3) is 0.385. The lowest BCUT2D eigenvalue weighted by Gasteiger charge is -2.11. The SMILES string of the molecule is CC(C)(N)c1noc(COc2ccc3c(c2)OCO3)n1. The number of hydrogen-bond acceptors (Lipinski definition) is 7. The monoisotopic (exact) mass is 277 g/mol. The summed E-state index contributed by atoms with van der Waals surface area (Å²) in [5, 5.41) is 3.82. The molecule has 0 unspecified atom stereocenters. The molecule has 3 rings (SSSR count). The van der Waals surface area contributed by atoms with E-state index in [1.54, 1.807) is 32.0 Å². The van der Waals surface area contributed by atoms with E-state index in [0.29, 0.717) is 29.0 Å². The molecule has 0 spiro atoms. The molecule has 1 aliphatic rings. The Labute approximate surface area is 115 Å². The van der Waals surface area contributed by atoms with Crippen LogP contribution in [0, 0.1) is 0 Å². The Morgan fingerprint density at radius 1 is 1.30 bits per heavy atom. The van der Waals surface area contributed by atoms with Gasteiger partial charge in [-0.1, -0.05) is 5.16 Å². The zero-order chi connectivity index (χ0) is 14.2. The Bertz CT molecular complexity index is 618. The first-order chi connectivity index (χ1) is 9.52. The average molecular weight is 277 g/mol. The van der Waals surface area contributed by atoms with Crippen LogP contribution in [0.25, 0.3) is 0 Å². The maximum atomic E-state index is 5.88. The van der Waals surface area contributed by atoms with Gasteiger partial charge < -0.3 is 24.5 Å². The van der Waals surface area contributed by atoms with Crippen molar-refractivity contribution < 1.29 is 18.7 Å². The maximum Gasteiger partial charge on any atom is 0.264 e. The van der Waals surface area contributed by atoms with Crippen molar-refractivity contribution in [2.75, 3.05) is 6.79 Å². The first-order valence-corrected chi connectivity index (χ1v) is 6.17. The van der Waals surface area contributed by atoms with Gasteiger partial charge in [-0.05, 0) is 26.0 Å². The third-order valence-corrected chi connectivity index (χ3v) is 2.75. The maximum absolute atomic E-state index is 5.88. The molecule has 0 saturated carbocycles. The predicted octanol–water partition coefficient (Wildman–Crippen LogP) is 1.57. The summed E-state index contributed by atoms with van der Waals surface area (Å²) in [6.45, 7) is 4.01. The Morgan fingerprint density at radius 3 is 2.85 bits per heavy atom. The molecule has 0 radical (unpaired) electrons. The quantitative estimate of drug-likeness (QED) is 0.906. The highest BCUT2D eigenvalue weighted by molar-refractivity contribution is 5.46. The standard InChI is InChI=1S/C13H15N3O4/c1-13(2,14)12-15-11(20-16-12)6-17-8-3-4-9-10(5-8)19-7-18-9/h3-5H,6-7,14H2,1-2H3. The number of rotatable bonds is 4. The van der Waals surface area contributed by atoms with Crippen LogP contribution in [-0.2, 0) is 12.1 Å². The van der Waals surface area contributed by atoms with Gasteiger partial charge in [-0.3, -0.25) is 0 Å². The number of nitrogens with zero attached hydrogens (tertiary/aromatic N) is 2. The van der Waals surface area contributed by atoms with Crippen LogP contribution in [0.4, 0.5) is 0 Å². The average Bonchev–Trinajstić information content (AvgIpc) is 3.04. The van der Waals surface area contributed by atoms with Crippen molar-refractivity contribution in [3.8, 4) is 17.2 Å². The highest BCUT2D eigenvalue weighted by Crippen LogP contribution is 2.35. The van der Waals surface area contributed by atoms with Crippen molar-refractivity contribution in [2.45, 2.75) is 26.0 Å². The smallest absolute Gasteiger partial charge is 0.264 e. The van der Waals surface area contributed by atoms with Crippen LogP contribution in [0.1, 0.15) is 25.6 Å². The Hall–Kier alpha value is -2.28. The van der Waals surface area contributed by atoms with Crippen molar-refractivity contribution >= 4 is 0 Å². The van der Waals surface area contributed by atoms with Gasteiger partial charge in [0.15, 0.2) is 23.9 Å². The highest BCUT2D eigenvalue weighted by Gasteiger charge is 2.21. The summed E-state index contributed by atoms with van der Waals surface area (Å²) in [5.41, 5.74) is 5.24. The molecule has 7 heteroatoms. The van der Waals surface area contributed by atoms with E-state index in [1.807, 2.05) is 0 Å². The molecule has 0 amide bonds. The fourth-order valence-corrected chi connectivity index (χ4v) is 1.69. The first-order valence-electron chi connectivity index (χ1n) is 6.17. The van der Waals surface area contributed by atoms with E-state index in [-0.39, 0.29) is 13.4 Å². The van der Waals surface area contributed by atoms with Gasteiger partial charge in [-0.15, -0.1) is 0 Å². The second-order valence-corrected chi connectivity index (χ2v) is 5.04. The second-order valence-electron chi connectivity index (χ2n) is 5.04. The van der Waals surface area contributed by atoms with Crippen LogP contribution >= 0.6 is 0 Å². The zero-order valence-corrected chi connectivity index (χ0v) is 11.3. The Balaban J connectivity index is 1.66. The molecule has 1 aromatic heterocycles. The summed E-state index contributed by atoms with van der Waals surface area (Å²) >= 11 is 0. The molecule has 0 saturated heterocycles. The minimum atomic E-state index is -0.638. The van der Waals surface area contributed by atoms with E-state index in [0.717, 1.165) is 0 Å². The van der Waals surface area contributed by atoms with Crippen LogP contribution in [0.5, 0.6) is 17.2 Å². The van der Waals surface area contributed by atoms with Gasteiger partial charge in [0.05, 0.1) is 5.54 Å².